The van der Waals surface area contributed by atoms with Gasteiger partial charge in [0.25, 0.3) is 11.8 Å². The van der Waals surface area contributed by atoms with Crippen LogP contribution in [0.5, 0.6) is 0 Å². The topological polar surface area (TPSA) is 54.3 Å². The zero-order valence-electron chi connectivity index (χ0n) is 22.0. The smallest absolute Gasteiger partial charge is 0.270 e. The Hall–Kier alpha value is -4.78. The van der Waals surface area contributed by atoms with E-state index in [1.807, 2.05) is 116 Å². The highest BCUT2D eigenvalue weighted by Crippen LogP contribution is 2.38. The molecule has 0 saturated carbocycles. The van der Waals surface area contributed by atoms with E-state index in [-0.39, 0.29) is 10.7 Å². The SMILES string of the molecule is Cc1cccc(N2C(=O)/C(=C/c3cc(-c4ccccc4)n(-c4ccc(Cl)cc4)c3-c3ccccc3)C(=O)NC2=S)c1. The first kappa shape index (κ1) is 26.4. The number of carbonyl (C=O) groups is 2. The van der Waals surface area contributed by atoms with E-state index in [0.29, 0.717) is 16.3 Å². The minimum absolute atomic E-state index is 0.00912. The second kappa shape index (κ2) is 11.0. The molecule has 0 radical (unpaired) electrons. The molecule has 2 heterocycles. The van der Waals surface area contributed by atoms with E-state index in [2.05, 4.69) is 9.88 Å². The van der Waals surface area contributed by atoms with Gasteiger partial charge in [-0.25, -0.2) is 0 Å². The summed E-state index contributed by atoms with van der Waals surface area (Å²) in [6.45, 7) is 1.94. The van der Waals surface area contributed by atoms with Gasteiger partial charge in [-0.1, -0.05) is 84.4 Å². The molecule has 6 rings (SSSR count). The Bertz CT molecular complexity index is 1830. The van der Waals surface area contributed by atoms with E-state index in [4.69, 9.17) is 23.8 Å². The van der Waals surface area contributed by atoms with Gasteiger partial charge in [-0.15, -0.1) is 0 Å². The molecule has 0 bridgehead atoms. The highest BCUT2D eigenvalue weighted by atomic mass is 35.5. The fraction of sp³-hybridized carbons (Fsp3) is 0.0294. The second-order valence-electron chi connectivity index (χ2n) is 9.67. The number of anilines is 1. The third kappa shape index (κ3) is 5.11. The van der Waals surface area contributed by atoms with Crippen molar-refractivity contribution in [2.24, 2.45) is 0 Å². The Morgan fingerprint density at radius 1 is 0.756 bits per heavy atom. The molecule has 200 valence electrons. The summed E-state index contributed by atoms with van der Waals surface area (Å²) in [5.74, 6) is -1.02. The van der Waals surface area contributed by atoms with Gasteiger partial charge in [-0.3, -0.25) is 19.8 Å². The summed E-state index contributed by atoms with van der Waals surface area (Å²) in [7, 11) is 0. The van der Waals surface area contributed by atoms with Gasteiger partial charge in [-0.05, 0) is 84.4 Å². The number of aryl methyl sites for hydroxylation is 1. The molecule has 2 amide bonds. The number of amides is 2. The number of benzene rings is 4. The van der Waals surface area contributed by atoms with E-state index in [1.165, 1.54) is 4.90 Å². The predicted molar refractivity (Wildman–Crippen MR) is 169 cm³/mol. The summed E-state index contributed by atoms with van der Waals surface area (Å²) in [5.41, 5.74) is 6.78. The molecule has 0 atom stereocenters. The number of halogens is 1. The lowest BCUT2D eigenvalue weighted by atomic mass is 10.0. The van der Waals surface area contributed by atoms with E-state index < -0.39 is 11.8 Å². The van der Waals surface area contributed by atoms with E-state index in [0.717, 1.165) is 33.8 Å². The number of nitrogens with one attached hydrogen (secondary N) is 1. The summed E-state index contributed by atoms with van der Waals surface area (Å²) in [4.78, 5) is 28.5. The lowest BCUT2D eigenvalue weighted by Crippen LogP contribution is -2.54. The minimum atomic E-state index is -0.539. The van der Waals surface area contributed by atoms with Crippen molar-refractivity contribution in [3.8, 4) is 28.2 Å². The lowest BCUT2D eigenvalue weighted by Gasteiger charge is -2.29. The zero-order valence-corrected chi connectivity index (χ0v) is 23.6. The summed E-state index contributed by atoms with van der Waals surface area (Å²) >= 11 is 11.7. The first-order valence-electron chi connectivity index (χ1n) is 13.0. The van der Waals surface area contributed by atoms with Gasteiger partial charge < -0.3 is 4.57 Å². The molecule has 0 spiro atoms. The van der Waals surface area contributed by atoms with Crippen LogP contribution in [0.2, 0.25) is 5.02 Å². The van der Waals surface area contributed by atoms with Gasteiger partial charge in [0.2, 0.25) is 0 Å². The van der Waals surface area contributed by atoms with E-state index >= 15 is 0 Å². The minimum Gasteiger partial charge on any atom is -0.309 e. The number of aromatic nitrogens is 1. The largest absolute Gasteiger partial charge is 0.309 e. The summed E-state index contributed by atoms with van der Waals surface area (Å²) in [6.07, 6.45) is 1.66. The quantitative estimate of drug-likeness (QED) is 0.134. The van der Waals surface area contributed by atoms with Crippen molar-refractivity contribution in [3.05, 3.63) is 137 Å². The standard InChI is InChI=1S/C34H24ClN3O2S/c1-22-9-8-14-28(19-22)38-33(40)29(32(39)36-34(38)41)20-25-21-30(23-10-4-2-5-11-23)37(27-17-15-26(35)16-18-27)31(25)24-12-6-3-7-13-24/h2-21H,1H3,(H,36,39,41)/b29-20+. The van der Waals surface area contributed by atoms with Crippen LogP contribution in [-0.2, 0) is 9.59 Å². The fourth-order valence-electron chi connectivity index (χ4n) is 5.03. The van der Waals surface area contributed by atoms with E-state index in [9.17, 15) is 9.59 Å². The normalized spacial score (nSPS) is 14.4. The van der Waals surface area contributed by atoms with Crippen molar-refractivity contribution in [3.63, 3.8) is 0 Å². The highest BCUT2D eigenvalue weighted by Gasteiger charge is 2.35. The highest BCUT2D eigenvalue weighted by molar-refractivity contribution is 7.80. The number of rotatable bonds is 5. The third-order valence-corrected chi connectivity index (χ3v) is 7.43. The number of thiocarbonyl (C=S) groups is 1. The monoisotopic (exact) mass is 573 g/mol. The van der Waals surface area contributed by atoms with Crippen LogP contribution < -0.4 is 10.2 Å². The molecular weight excluding hydrogens is 550 g/mol. The third-order valence-electron chi connectivity index (χ3n) is 6.89. The Labute approximate surface area is 248 Å². The van der Waals surface area contributed by atoms with Gasteiger partial charge in [0.05, 0.1) is 17.1 Å². The Morgan fingerprint density at radius 3 is 2.07 bits per heavy atom. The Morgan fingerprint density at radius 2 is 1.41 bits per heavy atom. The first-order chi connectivity index (χ1) is 19.9. The first-order valence-corrected chi connectivity index (χ1v) is 13.8. The summed E-state index contributed by atoms with van der Waals surface area (Å²) in [6, 6.07) is 36.9. The molecule has 0 aliphatic carbocycles. The Kier molecular flexibility index (Phi) is 7.10. The molecule has 1 aliphatic rings. The second-order valence-corrected chi connectivity index (χ2v) is 10.5. The average molecular weight is 574 g/mol. The van der Waals surface area contributed by atoms with Crippen molar-refractivity contribution < 1.29 is 9.59 Å². The van der Waals surface area contributed by atoms with Crippen molar-refractivity contribution in [1.29, 1.82) is 0 Å². The molecule has 4 aromatic carbocycles. The number of hydrogen-bond acceptors (Lipinski definition) is 3. The molecule has 5 aromatic rings. The number of nitrogens with zero attached hydrogens (tertiary/aromatic N) is 2. The number of hydrogen-bond donors (Lipinski definition) is 1. The average Bonchev–Trinajstić information content (AvgIpc) is 3.36. The van der Waals surface area contributed by atoms with Crippen molar-refractivity contribution in [2.45, 2.75) is 6.92 Å². The maximum atomic E-state index is 13.9. The lowest BCUT2D eigenvalue weighted by molar-refractivity contribution is -0.122. The fourth-order valence-corrected chi connectivity index (χ4v) is 5.43. The van der Waals surface area contributed by atoms with Gasteiger partial charge in [-0.2, -0.15) is 0 Å². The van der Waals surface area contributed by atoms with Crippen molar-refractivity contribution in [1.82, 2.24) is 9.88 Å². The maximum Gasteiger partial charge on any atom is 0.270 e. The molecule has 1 fully saturated rings. The van der Waals surface area contributed by atoms with Crippen LogP contribution in [0.4, 0.5) is 5.69 Å². The van der Waals surface area contributed by atoms with Crippen LogP contribution in [0, 0.1) is 6.92 Å². The van der Waals surface area contributed by atoms with Crippen LogP contribution in [0.25, 0.3) is 34.3 Å². The molecule has 7 heteroatoms. The molecule has 41 heavy (non-hydrogen) atoms. The molecule has 1 aliphatic heterocycles. The van der Waals surface area contributed by atoms with Crippen LogP contribution in [0.15, 0.2) is 121 Å². The molecular formula is C34H24ClN3O2S. The van der Waals surface area contributed by atoms with Crippen LogP contribution in [0.1, 0.15) is 11.1 Å². The van der Waals surface area contributed by atoms with Crippen LogP contribution >= 0.6 is 23.8 Å². The van der Waals surface area contributed by atoms with E-state index in [1.54, 1.807) is 12.1 Å². The van der Waals surface area contributed by atoms with Gasteiger partial charge in [0.15, 0.2) is 5.11 Å². The van der Waals surface area contributed by atoms with Crippen molar-refractivity contribution >= 4 is 52.5 Å². The zero-order chi connectivity index (χ0) is 28.5. The van der Waals surface area contributed by atoms with Crippen LogP contribution in [0.3, 0.4) is 0 Å². The molecule has 1 saturated heterocycles. The summed E-state index contributed by atoms with van der Waals surface area (Å²) in [5, 5.41) is 3.38. The van der Waals surface area contributed by atoms with Crippen LogP contribution in [-0.4, -0.2) is 21.5 Å². The molecule has 1 N–H and O–H groups in total. The maximum absolute atomic E-state index is 13.9. The molecule has 0 unspecified atom stereocenters. The Balaban J connectivity index is 1.60. The molecule has 1 aromatic heterocycles. The van der Waals surface area contributed by atoms with Gasteiger partial charge in [0.1, 0.15) is 5.57 Å². The summed E-state index contributed by atoms with van der Waals surface area (Å²) < 4.78 is 2.13. The molecule has 5 nitrogen and oxygen atoms in total. The predicted octanol–water partition coefficient (Wildman–Crippen LogP) is 7.60. The number of carbonyl (C=O) groups excluding carboxylic acids is 2. The van der Waals surface area contributed by atoms with Crippen molar-refractivity contribution in [2.75, 3.05) is 4.90 Å². The van der Waals surface area contributed by atoms with Gasteiger partial charge in [0, 0.05) is 16.3 Å². The van der Waals surface area contributed by atoms with Gasteiger partial charge >= 0.3 is 0 Å².